The van der Waals surface area contributed by atoms with Gasteiger partial charge in [0.05, 0.1) is 13.2 Å². The quantitative estimate of drug-likeness (QED) is 0.783. The van der Waals surface area contributed by atoms with E-state index >= 15 is 0 Å². The third kappa shape index (κ3) is 5.69. The Morgan fingerprint density at radius 1 is 1.04 bits per heavy atom. The summed E-state index contributed by atoms with van der Waals surface area (Å²) in [5, 5.41) is 2.91. The van der Waals surface area contributed by atoms with Gasteiger partial charge in [-0.2, -0.15) is 0 Å². The SMILES string of the molecule is COc1ccc(OC[C@H](C)NC(=O)[C@H](C)Oc2cc(C)ccc2C)cc1. The number of methoxy groups -OCH3 is 1. The topological polar surface area (TPSA) is 56.8 Å². The van der Waals surface area contributed by atoms with Crippen LogP contribution < -0.4 is 19.5 Å². The van der Waals surface area contributed by atoms with E-state index in [-0.39, 0.29) is 11.9 Å². The van der Waals surface area contributed by atoms with Crippen molar-refractivity contribution in [1.29, 1.82) is 0 Å². The van der Waals surface area contributed by atoms with E-state index in [0.717, 1.165) is 28.4 Å². The Morgan fingerprint density at radius 2 is 1.69 bits per heavy atom. The zero-order chi connectivity index (χ0) is 19.1. The predicted octanol–water partition coefficient (Wildman–Crippen LogP) is 3.66. The summed E-state index contributed by atoms with van der Waals surface area (Å²) in [5.74, 6) is 2.06. The largest absolute Gasteiger partial charge is 0.497 e. The van der Waals surface area contributed by atoms with Gasteiger partial charge >= 0.3 is 0 Å². The van der Waals surface area contributed by atoms with Crippen LogP contribution in [0.15, 0.2) is 42.5 Å². The molecule has 2 atom stereocenters. The molecule has 0 aliphatic rings. The van der Waals surface area contributed by atoms with E-state index in [4.69, 9.17) is 14.2 Å². The first-order chi connectivity index (χ1) is 12.4. The second-order valence-corrected chi connectivity index (χ2v) is 6.43. The normalized spacial score (nSPS) is 12.8. The highest BCUT2D eigenvalue weighted by Crippen LogP contribution is 2.20. The van der Waals surface area contributed by atoms with Gasteiger partial charge < -0.3 is 19.5 Å². The molecule has 0 saturated heterocycles. The lowest BCUT2D eigenvalue weighted by Crippen LogP contribution is -2.43. The average molecular weight is 357 g/mol. The molecular weight excluding hydrogens is 330 g/mol. The van der Waals surface area contributed by atoms with Gasteiger partial charge in [-0.05, 0) is 69.2 Å². The number of hydrogen-bond acceptors (Lipinski definition) is 4. The molecule has 0 radical (unpaired) electrons. The summed E-state index contributed by atoms with van der Waals surface area (Å²) in [6, 6.07) is 13.1. The zero-order valence-corrected chi connectivity index (χ0v) is 16.0. The van der Waals surface area contributed by atoms with Gasteiger partial charge in [-0.15, -0.1) is 0 Å². The monoisotopic (exact) mass is 357 g/mol. The summed E-state index contributed by atoms with van der Waals surface area (Å²) in [4.78, 5) is 12.3. The summed E-state index contributed by atoms with van der Waals surface area (Å²) < 4.78 is 16.6. The lowest BCUT2D eigenvalue weighted by molar-refractivity contribution is -0.128. The van der Waals surface area contributed by atoms with Gasteiger partial charge in [-0.25, -0.2) is 0 Å². The van der Waals surface area contributed by atoms with Crippen molar-refractivity contribution in [3.8, 4) is 17.2 Å². The lowest BCUT2D eigenvalue weighted by Gasteiger charge is -2.20. The summed E-state index contributed by atoms with van der Waals surface area (Å²) in [7, 11) is 1.62. The van der Waals surface area contributed by atoms with Crippen molar-refractivity contribution in [1.82, 2.24) is 5.32 Å². The van der Waals surface area contributed by atoms with Crippen molar-refractivity contribution in [3.63, 3.8) is 0 Å². The van der Waals surface area contributed by atoms with Crippen LogP contribution in [-0.4, -0.2) is 31.8 Å². The van der Waals surface area contributed by atoms with Gasteiger partial charge in [0, 0.05) is 0 Å². The number of carbonyl (C=O) groups excluding carboxylic acids is 1. The fourth-order valence-corrected chi connectivity index (χ4v) is 2.37. The van der Waals surface area contributed by atoms with Crippen molar-refractivity contribution in [2.24, 2.45) is 0 Å². The molecule has 5 nitrogen and oxygen atoms in total. The van der Waals surface area contributed by atoms with Gasteiger partial charge in [-0.1, -0.05) is 12.1 Å². The average Bonchev–Trinajstić information content (AvgIpc) is 2.63. The van der Waals surface area contributed by atoms with Gasteiger partial charge in [0.15, 0.2) is 6.10 Å². The van der Waals surface area contributed by atoms with Gasteiger partial charge in [-0.3, -0.25) is 4.79 Å². The molecule has 140 valence electrons. The predicted molar refractivity (Wildman–Crippen MR) is 102 cm³/mol. The van der Waals surface area contributed by atoms with Crippen molar-refractivity contribution in [2.45, 2.75) is 39.8 Å². The Kier molecular flexibility index (Phi) is 6.89. The van der Waals surface area contributed by atoms with Crippen LogP contribution in [0.4, 0.5) is 0 Å². The van der Waals surface area contributed by atoms with E-state index in [0.29, 0.717) is 6.61 Å². The molecule has 1 N–H and O–H groups in total. The number of ether oxygens (including phenoxy) is 3. The van der Waals surface area contributed by atoms with E-state index in [1.54, 1.807) is 14.0 Å². The van der Waals surface area contributed by atoms with E-state index in [9.17, 15) is 4.79 Å². The number of carbonyl (C=O) groups is 1. The Morgan fingerprint density at radius 3 is 2.35 bits per heavy atom. The third-order valence-corrected chi connectivity index (χ3v) is 3.96. The zero-order valence-electron chi connectivity index (χ0n) is 16.0. The van der Waals surface area contributed by atoms with Crippen LogP contribution >= 0.6 is 0 Å². The molecule has 1 amide bonds. The molecule has 0 spiro atoms. The molecule has 2 rings (SSSR count). The summed E-state index contributed by atoms with van der Waals surface area (Å²) in [5.41, 5.74) is 2.10. The molecule has 2 aromatic carbocycles. The van der Waals surface area contributed by atoms with E-state index in [1.807, 2.05) is 63.2 Å². The fourth-order valence-electron chi connectivity index (χ4n) is 2.37. The smallest absolute Gasteiger partial charge is 0.261 e. The molecule has 0 aliphatic heterocycles. The highest BCUT2D eigenvalue weighted by atomic mass is 16.5. The highest BCUT2D eigenvalue weighted by Gasteiger charge is 2.18. The number of aryl methyl sites for hydroxylation is 2. The number of amides is 1. The van der Waals surface area contributed by atoms with Gasteiger partial charge in [0.2, 0.25) is 0 Å². The minimum atomic E-state index is -0.584. The first-order valence-corrected chi connectivity index (χ1v) is 8.70. The molecular formula is C21H27NO4. The molecule has 26 heavy (non-hydrogen) atoms. The van der Waals surface area contributed by atoms with Crippen molar-refractivity contribution >= 4 is 5.91 Å². The van der Waals surface area contributed by atoms with Crippen LogP contribution in [0.5, 0.6) is 17.2 Å². The number of benzene rings is 2. The molecule has 0 heterocycles. The van der Waals surface area contributed by atoms with E-state index < -0.39 is 6.10 Å². The Bertz CT molecular complexity index is 727. The number of rotatable bonds is 8. The first kappa shape index (κ1) is 19.6. The molecule has 0 fully saturated rings. The van der Waals surface area contributed by atoms with Crippen LogP contribution in [0, 0.1) is 13.8 Å². The van der Waals surface area contributed by atoms with Crippen molar-refractivity contribution in [3.05, 3.63) is 53.6 Å². The van der Waals surface area contributed by atoms with E-state index in [1.165, 1.54) is 0 Å². The lowest BCUT2D eigenvalue weighted by atomic mass is 10.1. The van der Waals surface area contributed by atoms with E-state index in [2.05, 4.69) is 5.32 Å². The Balaban J connectivity index is 1.82. The Labute approximate surface area is 155 Å². The molecule has 0 aromatic heterocycles. The van der Waals surface area contributed by atoms with Gasteiger partial charge in [0.1, 0.15) is 23.9 Å². The standard InChI is InChI=1S/C21H27NO4/c1-14-6-7-15(2)20(12-14)26-17(4)21(23)22-16(3)13-25-19-10-8-18(24-5)9-11-19/h6-12,16-17H,13H2,1-5H3,(H,22,23)/t16-,17-/m0/s1. The van der Waals surface area contributed by atoms with Crippen LogP contribution in [0.3, 0.4) is 0 Å². The summed E-state index contributed by atoms with van der Waals surface area (Å²) >= 11 is 0. The Hall–Kier alpha value is -2.69. The van der Waals surface area contributed by atoms with Crippen molar-refractivity contribution < 1.29 is 19.0 Å². The molecule has 2 aromatic rings. The van der Waals surface area contributed by atoms with Gasteiger partial charge in [0.25, 0.3) is 5.91 Å². The van der Waals surface area contributed by atoms with Crippen LogP contribution in [0.2, 0.25) is 0 Å². The minimum Gasteiger partial charge on any atom is -0.497 e. The van der Waals surface area contributed by atoms with Crippen LogP contribution in [0.25, 0.3) is 0 Å². The van der Waals surface area contributed by atoms with Crippen LogP contribution in [-0.2, 0) is 4.79 Å². The maximum Gasteiger partial charge on any atom is 0.261 e. The summed E-state index contributed by atoms with van der Waals surface area (Å²) in [6.07, 6.45) is -0.584. The highest BCUT2D eigenvalue weighted by molar-refractivity contribution is 5.81. The second-order valence-electron chi connectivity index (χ2n) is 6.43. The minimum absolute atomic E-state index is 0.144. The number of nitrogens with one attached hydrogen (secondary N) is 1. The van der Waals surface area contributed by atoms with Crippen molar-refractivity contribution in [2.75, 3.05) is 13.7 Å². The molecule has 0 bridgehead atoms. The summed E-state index contributed by atoms with van der Waals surface area (Å²) in [6.45, 7) is 7.97. The fraction of sp³-hybridized carbons (Fsp3) is 0.381. The maximum atomic E-state index is 12.3. The molecule has 0 unspecified atom stereocenters. The third-order valence-electron chi connectivity index (χ3n) is 3.96. The molecule has 5 heteroatoms. The maximum absolute atomic E-state index is 12.3. The first-order valence-electron chi connectivity index (χ1n) is 8.70. The van der Waals surface area contributed by atoms with Crippen LogP contribution in [0.1, 0.15) is 25.0 Å². The molecule has 0 saturated carbocycles. The second kappa shape index (κ2) is 9.13. The number of hydrogen-bond donors (Lipinski definition) is 1. The molecule has 0 aliphatic carbocycles.